The summed E-state index contributed by atoms with van der Waals surface area (Å²) < 4.78 is 16.4. The van der Waals surface area contributed by atoms with Crippen molar-refractivity contribution in [3.8, 4) is 17.0 Å². The average Bonchev–Trinajstić information content (AvgIpc) is 2.86. The van der Waals surface area contributed by atoms with Crippen molar-refractivity contribution in [1.29, 1.82) is 0 Å². The molecule has 0 aliphatic rings. The van der Waals surface area contributed by atoms with Gasteiger partial charge in [-0.15, -0.1) is 0 Å². The zero-order valence-corrected chi connectivity index (χ0v) is 22.7. The van der Waals surface area contributed by atoms with E-state index < -0.39 is 17.7 Å². The summed E-state index contributed by atoms with van der Waals surface area (Å²) in [5, 5.41) is 2.91. The van der Waals surface area contributed by atoms with Crippen molar-refractivity contribution in [3.63, 3.8) is 0 Å². The van der Waals surface area contributed by atoms with Crippen molar-refractivity contribution < 1.29 is 23.8 Å². The molecule has 0 saturated heterocycles. The lowest BCUT2D eigenvalue weighted by Gasteiger charge is -2.25. The van der Waals surface area contributed by atoms with Crippen molar-refractivity contribution in [3.05, 3.63) is 82.5 Å². The van der Waals surface area contributed by atoms with Crippen LogP contribution >= 0.6 is 0 Å². The zero-order valence-electron chi connectivity index (χ0n) is 22.7. The molecule has 1 unspecified atom stereocenters. The van der Waals surface area contributed by atoms with E-state index in [1.54, 1.807) is 40.1 Å². The summed E-state index contributed by atoms with van der Waals surface area (Å²) in [6.45, 7) is 9.63. The highest BCUT2D eigenvalue weighted by atomic mass is 16.6. The number of alkyl carbamates (subject to hydrolysis) is 1. The molecule has 2 aromatic carbocycles. The van der Waals surface area contributed by atoms with Gasteiger partial charge in [0.1, 0.15) is 5.60 Å². The molecular formula is C30H36N2O5. The first-order valence-electron chi connectivity index (χ1n) is 12.3. The number of aryl methyl sites for hydroxylation is 2. The lowest BCUT2D eigenvalue weighted by atomic mass is 9.88. The number of methoxy groups -OCH3 is 2. The number of benzene rings is 2. The second kappa shape index (κ2) is 12.0. The highest BCUT2D eigenvalue weighted by Crippen LogP contribution is 2.35. The van der Waals surface area contributed by atoms with E-state index in [0.717, 1.165) is 23.1 Å². The van der Waals surface area contributed by atoms with E-state index in [1.165, 1.54) is 7.11 Å². The predicted octanol–water partition coefficient (Wildman–Crippen LogP) is 6.07. The zero-order chi connectivity index (χ0) is 27.2. The monoisotopic (exact) mass is 504 g/mol. The van der Waals surface area contributed by atoms with Crippen molar-refractivity contribution in [2.24, 2.45) is 0 Å². The molecule has 1 atom stereocenters. The Bertz CT molecular complexity index is 1250. The summed E-state index contributed by atoms with van der Waals surface area (Å²) in [6, 6.07) is 14.5. The number of carbonyl (C=O) groups is 2. The summed E-state index contributed by atoms with van der Waals surface area (Å²) in [6.07, 6.45) is 1.89. The molecule has 3 aromatic rings. The van der Waals surface area contributed by atoms with Crippen LogP contribution in [0.5, 0.6) is 5.88 Å². The minimum atomic E-state index is -0.663. The second-order valence-electron chi connectivity index (χ2n) is 9.90. The number of hydrogen-bond acceptors (Lipinski definition) is 6. The molecule has 1 heterocycles. The highest BCUT2D eigenvalue weighted by Gasteiger charge is 2.26. The number of rotatable bonds is 9. The van der Waals surface area contributed by atoms with Crippen LogP contribution in [0, 0.1) is 6.92 Å². The standard InChI is InChI=1S/C30H36N2O5/c1-8-20-11-14-22(28(33)21-12-9-19(2)10-13-21)23(15-20)25-17-31-27(36-7)16-24(25)26(18-35-6)32-29(34)37-30(3,4)5/h9-17,26H,8,18H2,1-7H3,(H,32,34). The third-order valence-corrected chi connectivity index (χ3v) is 5.86. The normalized spacial score (nSPS) is 12.1. The van der Waals surface area contributed by atoms with Gasteiger partial charge >= 0.3 is 6.09 Å². The molecule has 0 spiro atoms. The average molecular weight is 505 g/mol. The number of ketones is 1. The van der Waals surface area contributed by atoms with Gasteiger partial charge in [-0.25, -0.2) is 9.78 Å². The molecule has 0 radical (unpaired) electrons. The molecule has 0 fully saturated rings. The third-order valence-electron chi connectivity index (χ3n) is 5.86. The van der Waals surface area contributed by atoms with E-state index in [-0.39, 0.29) is 12.4 Å². The Balaban J connectivity index is 2.18. The maximum absolute atomic E-state index is 13.7. The van der Waals surface area contributed by atoms with Crippen molar-refractivity contribution >= 4 is 11.9 Å². The van der Waals surface area contributed by atoms with Gasteiger partial charge in [-0.1, -0.05) is 55.0 Å². The van der Waals surface area contributed by atoms with E-state index in [1.807, 2.05) is 49.4 Å². The van der Waals surface area contributed by atoms with Crippen LogP contribution in [0.4, 0.5) is 4.79 Å². The Morgan fingerprint density at radius 1 is 1.00 bits per heavy atom. The topological polar surface area (TPSA) is 86.8 Å². The molecule has 0 aliphatic carbocycles. The number of hydrogen-bond donors (Lipinski definition) is 1. The van der Waals surface area contributed by atoms with Crippen LogP contribution in [-0.4, -0.2) is 43.3 Å². The summed E-state index contributed by atoms with van der Waals surface area (Å²) >= 11 is 0. The third kappa shape index (κ3) is 7.17. The van der Waals surface area contributed by atoms with E-state index in [4.69, 9.17) is 14.2 Å². The number of carbonyl (C=O) groups excluding carboxylic acids is 2. The van der Waals surface area contributed by atoms with Gasteiger partial charge in [0.15, 0.2) is 5.78 Å². The van der Waals surface area contributed by atoms with Crippen LogP contribution in [0.15, 0.2) is 54.7 Å². The highest BCUT2D eigenvalue weighted by molar-refractivity contribution is 6.13. The van der Waals surface area contributed by atoms with Gasteiger partial charge in [-0.05, 0) is 50.8 Å². The van der Waals surface area contributed by atoms with Crippen LogP contribution in [0.2, 0.25) is 0 Å². The summed E-state index contributed by atoms with van der Waals surface area (Å²) in [4.78, 5) is 30.8. The minimum absolute atomic E-state index is 0.0946. The summed E-state index contributed by atoms with van der Waals surface area (Å²) in [7, 11) is 3.09. The van der Waals surface area contributed by atoms with Crippen LogP contribution in [0.3, 0.4) is 0 Å². The van der Waals surface area contributed by atoms with E-state index in [2.05, 4.69) is 17.2 Å². The summed E-state index contributed by atoms with van der Waals surface area (Å²) in [5.41, 5.74) is 4.75. The van der Waals surface area contributed by atoms with Gasteiger partial charge in [0, 0.05) is 36.1 Å². The maximum atomic E-state index is 13.7. The SMILES string of the molecule is CCc1ccc(C(=O)c2ccc(C)cc2)c(-c2cnc(OC)cc2C(COC)NC(=O)OC(C)(C)C)c1. The molecule has 3 rings (SSSR count). The van der Waals surface area contributed by atoms with Crippen LogP contribution in [0.25, 0.3) is 11.1 Å². The van der Waals surface area contributed by atoms with E-state index in [9.17, 15) is 9.59 Å². The number of amides is 1. The smallest absolute Gasteiger partial charge is 0.408 e. The van der Waals surface area contributed by atoms with E-state index in [0.29, 0.717) is 28.1 Å². The van der Waals surface area contributed by atoms with Gasteiger partial charge in [0.2, 0.25) is 5.88 Å². The first kappa shape index (κ1) is 27.9. The van der Waals surface area contributed by atoms with Crippen molar-refractivity contribution in [2.45, 2.75) is 52.7 Å². The molecule has 0 bridgehead atoms. The predicted molar refractivity (Wildman–Crippen MR) is 144 cm³/mol. The Morgan fingerprint density at radius 3 is 2.30 bits per heavy atom. The van der Waals surface area contributed by atoms with Gasteiger partial charge in [-0.2, -0.15) is 0 Å². The fourth-order valence-electron chi connectivity index (χ4n) is 3.99. The number of nitrogens with zero attached hydrogens (tertiary/aromatic N) is 1. The number of aromatic nitrogens is 1. The quantitative estimate of drug-likeness (QED) is 0.356. The maximum Gasteiger partial charge on any atom is 0.408 e. The van der Waals surface area contributed by atoms with Gasteiger partial charge < -0.3 is 19.5 Å². The Morgan fingerprint density at radius 2 is 1.70 bits per heavy atom. The van der Waals surface area contributed by atoms with Gasteiger partial charge in [-0.3, -0.25) is 4.79 Å². The minimum Gasteiger partial charge on any atom is -0.481 e. The fourth-order valence-corrected chi connectivity index (χ4v) is 3.99. The number of ether oxygens (including phenoxy) is 3. The Kier molecular flexibility index (Phi) is 9.05. The second-order valence-corrected chi connectivity index (χ2v) is 9.90. The molecule has 37 heavy (non-hydrogen) atoms. The molecule has 1 aromatic heterocycles. The molecule has 7 nitrogen and oxygen atoms in total. The molecule has 0 aliphatic heterocycles. The number of pyridine rings is 1. The summed E-state index contributed by atoms with van der Waals surface area (Å²) in [5.74, 6) is 0.284. The van der Waals surface area contributed by atoms with Gasteiger partial charge in [0.05, 0.1) is 19.8 Å². The molecule has 1 amide bonds. The van der Waals surface area contributed by atoms with E-state index >= 15 is 0 Å². The fraction of sp³-hybridized carbons (Fsp3) is 0.367. The number of nitrogens with one attached hydrogen (secondary N) is 1. The Hall–Kier alpha value is -3.71. The molecule has 196 valence electrons. The van der Waals surface area contributed by atoms with Crippen LogP contribution in [-0.2, 0) is 15.9 Å². The lowest BCUT2D eigenvalue weighted by molar-refractivity contribution is 0.0468. The van der Waals surface area contributed by atoms with Crippen molar-refractivity contribution in [2.75, 3.05) is 20.8 Å². The van der Waals surface area contributed by atoms with Crippen LogP contribution < -0.4 is 10.1 Å². The molecule has 7 heteroatoms. The molecule has 1 N–H and O–H groups in total. The first-order chi connectivity index (χ1) is 17.6. The van der Waals surface area contributed by atoms with Gasteiger partial charge in [0.25, 0.3) is 0 Å². The first-order valence-corrected chi connectivity index (χ1v) is 12.3. The van der Waals surface area contributed by atoms with Crippen LogP contribution in [0.1, 0.15) is 66.3 Å². The molecular weight excluding hydrogens is 468 g/mol. The lowest BCUT2D eigenvalue weighted by Crippen LogP contribution is -2.36. The van der Waals surface area contributed by atoms with Crippen molar-refractivity contribution in [1.82, 2.24) is 10.3 Å². The largest absolute Gasteiger partial charge is 0.481 e. The molecule has 0 saturated carbocycles. The Labute approximate surface area is 219 Å².